The second-order valence-corrected chi connectivity index (χ2v) is 6.28. The lowest BCUT2D eigenvalue weighted by molar-refractivity contribution is -0.126. The van der Waals surface area contributed by atoms with Crippen LogP contribution in [0, 0.1) is 5.92 Å². The topological polar surface area (TPSA) is 79.6 Å². The average Bonchev–Trinajstić information content (AvgIpc) is 2.59. The zero-order valence-electron chi connectivity index (χ0n) is 14.2. The number of methoxy groups -OCH3 is 1. The second-order valence-electron chi connectivity index (χ2n) is 6.28. The third-order valence-corrected chi connectivity index (χ3v) is 4.48. The van der Waals surface area contributed by atoms with Crippen molar-refractivity contribution in [3.8, 4) is 5.75 Å². The number of rotatable bonds is 6. The van der Waals surface area contributed by atoms with Crippen molar-refractivity contribution in [2.75, 3.05) is 40.8 Å². The predicted molar refractivity (Wildman–Crippen MR) is 91.4 cm³/mol. The number of hydrogen-bond donors (Lipinski definition) is 3. The van der Waals surface area contributed by atoms with Gasteiger partial charge in [0.1, 0.15) is 5.75 Å². The third kappa shape index (κ3) is 4.67. The molecule has 1 amide bonds. The van der Waals surface area contributed by atoms with E-state index in [9.17, 15) is 4.79 Å². The van der Waals surface area contributed by atoms with E-state index in [1.807, 2.05) is 38.4 Å². The van der Waals surface area contributed by atoms with E-state index in [1.165, 1.54) is 0 Å². The molecule has 0 aliphatic carbocycles. The van der Waals surface area contributed by atoms with Gasteiger partial charge in [0.2, 0.25) is 5.91 Å². The van der Waals surface area contributed by atoms with Gasteiger partial charge >= 0.3 is 0 Å². The van der Waals surface area contributed by atoms with Gasteiger partial charge in [0.05, 0.1) is 19.1 Å². The van der Waals surface area contributed by atoms with Gasteiger partial charge < -0.3 is 26.0 Å². The lowest BCUT2D eigenvalue weighted by Crippen LogP contribution is -2.51. The molecule has 0 saturated carbocycles. The van der Waals surface area contributed by atoms with Crippen molar-refractivity contribution in [1.82, 2.24) is 15.5 Å². The van der Waals surface area contributed by atoms with Crippen LogP contribution in [0.4, 0.5) is 0 Å². The standard InChI is InChI=1S/C17H28N4O2/c1-21(2)14-7-13(10-19-11-14)17(22)20-16(9-18)12-5-4-6-15(8-12)23-3/h4-6,8,13-14,16,19H,7,9-11,18H2,1-3H3,(H,20,22). The Kier molecular flexibility index (Phi) is 6.38. The minimum absolute atomic E-state index is 0.0317. The third-order valence-electron chi connectivity index (χ3n) is 4.48. The number of ether oxygens (including phenoxy) is 1. The molecule has 0 aromatic heterocycles. The van der Waals surface area contributed by atoms with Crippen molar-refractivity contribution < 1.29 is 9.53 Å². The molecule has 23 heavy (non-hydrogen) atoms. The van der Waals surface area contributed by atoms with Crippen LogP contribution in [0.2, 0.25) is 0 Å². The molecular weight excluding hydrogens is 292 g/mol. The van der Waals surface area contributed by atoms with Crippen LogP contribution in [0.25, 0.3) is 0 Å². The maximum Gasteiger partial charge on any atom is 0.224 e. The lowest BCUT2D eigenvalue weighted by atomic mass is 9.93. The highest BCUT2D eigenvalue weighted by Gasteiger charge is 2.29. The number of likely N-dealkylation sites (N-methyl/N-ethyl adjacent to an activating group) is 1. The van der Waals surface area contributed by atoms with Crippen molar-refractivity contribution in [3.63, 3.8) is 0 Å². The molecule has 4 N–H and O–H groups in total. The Balaban J connectivity index is 2.01. The maximum absolute atomic E-state index is 12.6. The molecule has 1 aliphatic rings. The zero-order valence-corrected chi connectivity index (χ0v) is 14.2. The molecule has 3 atom stereocenters. The van der Waals surface area contributed by atoms with Crippen LogP contribution in [0.5, 0.6) is 5.75 Å². The van der Waals surface area contributed by atoms with E-state index < -0.39 is 0 Å². The van der Waals surface area contributed by atoms with Crippen LogP contribution in [0.1, 0.15) is 18.0 Å². The summed E-state index contributed by atoms with van der Waals surface area (Å²) >= 11 is 0. The molecule has 0 bridgehead atoms. The Morgan fingerprint density at radius 3 is 2.91 bits per heavy atom. The van der Waals surface area contributed by atoms with Crippen LogP contribution in [0.15, 0.2) is 24.3 Å². The monoisotopic (exact) mass is 320 g/mol. The molecule has 1 saturated heterocycles. The quantitative estimate of drug-likeness (QED) is 0.705. The minimum atomic E-state index is -0.197. The highest BCUT2D eigenvalue weighted by atomic mass is 16.5. The Morgan fingerprint density at radius 2 is 2.26 bits per heavy atom. The highest BCUT2D eigenvalue weighted by molar-refractivity contribution is 5.79. The Morgan fingerprint density at radius 1 is 1.48 bits per heavy atom. The maximum atomic E-state index is 12.6. The number of nitrogens with zero attached hydrogens (tertiary/aromatic N) is 1. The largest absolute Gasteiger partial charge is 0.497 e. The predicted octanol–water partition coefficient (Wildman–Crippen LogP) is 0.351. The summed E-state index contributed by atoms with van der Waals surface area (Å²) in [7, 11) is 5.72. The first kappa shape index (κ1) is 17.7. The summed E-state index contributed by atoms with van der Waals surface area (Å²) in [5.74, 6) is 0.792. The van der Waals surface area contributed by atoms with Crippen LogP contribution >= 0.6 is 0 Å². The van der Waals surface area contributed by atoms with Crippen LogP contribution in [-0.4, -0.2) is 57.7 Å². The number of hydrogen-bond acceptors (Lipinski definition) is 5. The first-order valence-corrected chi connectivity index (χ1v) is 8.06. The summed E-state index contributed by atoms with van der Waals surface area (Å²) in [6.45, 7) is 1.99. The van der Waals surface area contributed by atoms with E-state index in [4.69, 9.17) is 10.5 Å². The van der Waals surface area contributed by atoms with Gasteiger partial charge in [0, 0.05) is 25.7 Å². The van der Waals surface area contributed by atoms with Crippen molar-refractivity contribution in [2.45, 2.75) is 18.5 Å². The van der Waals surface area contributed by atoms with E-state index in [2.05, 4.69) is 15.5 Å². The van der Waals surface area contributed by atoms with Crippen LogP contribution in [-0.2, 0) is 4.79 Å². The summed E-state index contributed by atoms with van der Waals surface area (Å²) in [5, 5.41) is 6.43. The van der Waals surface area contributed by atoms with Crippen molar-refractivity contribution in [1.29, 1.82) is 0 Å². The summed E-state index contributed by atoms with van der Waals surface area (Å²) in [4.78, 5) is 14.8. The molecule has 1 fully saturated rings. The van der Waals surface area contributed by atoms with Crippen molar-refractivity contribution in [3.05, 3.63) is 29.8 Å². The molecule has 1 aromatic rings. The molecule has 1 heterocycles. The number of carbonyl (C=O) groups is 1. The van der Waals surface area contributed by atoms with Crippen LogP contribution < -0.4 is 21.1 Å². The number of nitrogens with one attached hydrogen (secondary N) is 2. The summed E-state index contributed by atoms with van der Waals surface area (Å²) in [5.41, 5.74) is 6.84. The van der Waals surface area contributed by atoms with E-state index in [0.29, 0.717) is 19.1 Å². The molecule has 0 spiro atoms. The summed E-state index contributed by atoms with van der Waals surface area (Å²) < 4.78 is 5.24. The number of piperidine rings is 1. The summed E-state index contributed by atoms with van der Waals surface area (Å²) in [6.07, 6.45) is 0.862. The molecule has 6 heteroatoms. The molecule has 3 unspecified atom stereocenters. The smallest absolute Gasteiger partial charge is 0.224 e. The molecule has 6 nitrogen and oxygen atoms in total. The van der Waals surface area contributed by atoms with E-state index >= 15 is 0 Å². The molecular formula is C17H28N4O2. The highest BCUT2D eigenvalue weighted by Crippen LogP contribution is 2.20. The first-order chi connectivity index (χ1) is 11.0. The molecule has 0 radical (unpaired) electrons. The fraction of sp³-hybridized carbons (Fsp3) is 0.588. The Labute approximate surface area is 138 Å². The van der Waals surface area contributed by atoms with Crippen LogP contribution in [0.3, 0.4) is 0 Å². The van der Waals surface area contributed by atoms with Gasteiger partial charge in [-0.1, -0.05) is 12.1 Å². The number of carbonyl (C=O) groups excluding carboxylic acids is 1. The SMILES string of the molecule is COc1cccc(C(CN)NC(=O)C2CNCC(N(C)C)C2)c1. The van der Waals surface area contributed by atoms with Gasteiger partial charge in [-0.25, -0.2) is 0 Å². The zero-order chi connectivity index (χ0) is 16.8. The lowest BCUT2D eigenvalue weighted by Gasteiger charge is -2.34. The van der Waals surface area contributed by atoms with Gasteiger partial charge in [-0.15, -0.1) is 0 Å². The molecule has 128 valence electrons. The molecule has 1 aliphatic heterocycles. The van der Waals surface area contributed by atoms with Crippen molar-refractivity contribution in [2.24, 2.45) is 11.7 Å². The van der Waals surface area contributed by atoms with Crippen molar-refractivity contribution >= 4 is 5.91 Å². The Hall–Kier alpha value is -1.63. The second kappa shape index (κ2) is 8.29. The average molecular weight is 320 g/mol. The fourth-order valence-electron chi connectivity index (χ4n) is 2.94. The molecule has 1 aromatic carbocycles. The normalized spacial score (nSPS) is 22.7. The number of benzene rings is 1. The van der Waals surface area contributed by atoms with Gasteiger partial charge in [-0.05, 0) is 38.2 Å². The molecule has 2 rings (SSSR count). The Bertz CT molecular complexity index is 521. The van der Waals surface area contributed by atoms with E-state index in [0.717, 1.165) is 24.3 Å². The number of nitrogens with two attached hydrogens (primary N) is 1. The van der Waals surface area contributed by atoms with Gasteiger partial charge in [0.25, 0.3) is 0 Å². The van der Waals surface area contributed by atoms with Gasteiger partial charge in [-0.3, -0.25) is 4.79 Å². The number of amides is 1. The van der Waals surface area contributed by atoms with E-state index in [1.54, 1.807) is 7.11 Å². The van der Waals surface area contributed by atoms with Gasteiger partial charge in [-0.2, -0.15) is 0 Å². The fourth-order valence-corrected chi connectivity index (χ4v) is 2.94. The first-order valence-electron chi connectivity index (χ1n) is 8.06. The summed E-state index contributed by atoms with van der Waals surface area (Å²) in [6, 6.07) is 7.85. The van der Waals surface area contributed by atoms with Gasteiger partial charge in [0.15, 0.2) is 0 Å². The minimum Gasteiger partial charge on any atom is -0.497 e. The van der Waals surface area contributed by atoms with E-state index in [-0.39, 0.29) is 17.9 Å².